The lowest BCUT2D eigenvalue weighted by molar-refractivity contribution is 0.666. The van der Waals surface area contributed by atoms with Crippen LogP contribution in [-0.4, -0.2) is 22.1 Å². The third-order valence-electron chi connectivity index (χ3n) is 4.31. The minimum atomic E-state index is -1.31. The first-order valence-electron chi connectivity index (χ1n) is 7.96. The molecule has 0 atom stereocenters. The van der Waals surface area contributed by atoms with E-state index in [1.807, 2.05) is 30.3 Å². The monoisotopic (exact) mass is 298 g/mol. The Balaban J connectivity index is 2.12. The Labute approximate surface area is 133 Å². The first kappa shape index (κ1) is 18.1. The van der Waals surface area contributed by atoms with E-state index in [0.717, 1.165) is 18.4 Å². The van der Waals surface area contributed by atoms with Crippen LogP contribution in [0.2, 0.25) is 24.5 Å². The number of hydrogen-bond donors (Lipinski definition) is 1. The molecule has 113 valence electrons. The summed E-state index contributed by atoms with van der Waals surface area (Å²) in [4.78, 5) is 3.80. The highest BCUT2D eigenvalue weighted by atomic mass is 28.3. The van der Waals surface area contributed by atoms with E-state index in [0.29, 0.717) is 5.04 Å². The number of hydrogen-bond acceptors (Lipinski definition) is 1. The SMILES string of the molecule is CC(C)(C)[Si](C)(C)NCCCC[B]C#Cc1ccccc1. The maximum absolute atomic E-state index is 3.80. The van der Waals surface area contributed by atoms with E-state index in [2.05, 4.69) is 57.9 Å². The molecule has 0 heterocycles. The first-order valence-corrected chi connectivity index (χ1v) is 11.0. The van der Waals surface area contributed by atoms with Gasteiger partial charge in [-0.15, -0.1) is 0 Å². The summed E-state index contributed by atoms with van der Waals surface area (Å²) in [6.07, 6.45) is 3.53. The molecule has 1 aromatic rings. The molecule has 0 amide bonds. The third kappa shape index (κ3) is 7.02. The zero-order valence-electron chi connectivity index (χ0n) is 14.3. The Hall–Kier alpha value is -0.978. The Kier molecular flexibility index (Phi) is 7.28. The minimum absolute atomic E-state index is 0.417. The molecule has 0 spiro atoms. The van der Waals surface area contributed by atoms with Crippen molar-refractivity contribution in [3.63, 3.8) is 0 Å². The van der Waals surface area contributed by atoms with E-state index in [-0.39, 0.29) is 0 Å². The van der Waals surface area contributed by atoms with Crippen molar-refractivity contribution < 1.29 is 0 Å². The fourth-order valence-electron chi connectivity index (χ4n) is 1.77. The lowest BCUT2D eigenvalue weighted by Crippen LogP contribution is -2.52. The van der Waals surface area contributed by atoms with Crippen molar-refractivity contribution in [1.82, 2.24) is 4.98 Å². The van der Waals surface area contributed by atoms with Gasteiger partial charge in [-0.1, -0.05) is 70.7 Å². The van der Waals surface area contributed by atoms with Crippen molar-refractivity contribution in [2.75, 3.05) is 6.54 Å². The van der Waals surface area contributed by atoms with Gasteiger partial charge < -0.3 is 4.98 Å². The number of unbranched alkanes of at least 4 members (excludes halogenated alkanes) is 1. The number of benzene rings is 1. The third-order valence-corrected chi connectivity index (χ3v) is 9.19. The molecule has 1 radical (unpaired) electrons. The van der Waals surface area contributed by atoms with Gasteiger partial charge in [0.1, 0.15) is 8.24 Å². The molecule has 21 heavy (non-hydrogen) atoms. The summed E-state index contributed by atoms with van der Waals surface area (Å²) in [7, 11) is 0.784. The highest BCUT2D eigenvalue weighted by Crippen LogP contribution is 2.33. The molecule has 0 aliphatic rings. The van der Waals surface area contributed by atoms with Crippen molar-refractivity contribution in [2.24, 2.45) is 0 Å². The summed E-state index contributed by atoms with van der Waals surface area (Å²) in [5, 5.41) is 0.417. The van der Waals surface area contributed by atoms with Gasteiger partial charge in [0.2, 0.25) is 7.28 Å². The molecule has 0 aliphatic heterocycles. The maximum Gasteiger partial charge on any atom is 0.216 e. The smallest absolute Gasteiger partial charge is 0.216 e. The molecule has 1 aromatic carbocycles. The van der Waals surface area contributed by atoms with E-state index in [1.54, 1.807) is 0 Å². The van der Waals surface area contributed by atoms with Crippen LogP contribution in [0.5, 0.6) is 0 Å². The Morgan fingerprint density at radius 2 is 1.76 bits per heavy atom. The molecular formula is C18H29BNSi. The molecular weight excluding hydrogens is 269 g/mol. The van der Waals surface area contributed by atoms with Crippen LogP contribution < -0.4 is 4.98 Å². The quantitative estimate of drug-likeness (QED) is 0.463. The van der Waals surface area contributed by atoms with Crippen molar-refractivity contribution >= 4 is 15.5 Å². The van der Waals surface area contributed by atoms with Crippen LogP contribution in [0.25, 0.3) is 0 Å². The number of nitrogens with one attached hydrogen (secondary N) is 1. The highest BCUT2D eigenvalue weighted by Gasteiger charge is 2.34. The van der Waals surface area contributed by atoms with Gasteiger partial charge in [0, 0.05) is 5.56 Å². The van der Waals surface area contributed by atoms with Crippen molar-refractivity contribution in [3.05, 3.63) is 35.9 Å². The van der Waals surface area contributed by atoms with Crippen LogP contribution in [0, 0.1) is 11.7 Å². The van der Waals surface area contributed by atoms with Gasteiger partial charge in [-0.2, -0.15) is 5.82 Å². The van der Waals surface area contributed by atoms with Crippen LogP contribution in [0.4, 0.5) is 0 Å². The standard InChI is InChI=1S/C18H29BNSi/c1-18(2,3)21(4,5)20-16-10-9-14-19-15-13-17-11-7-6-8-12-17/h6-8,11-12,20H,9-10,14,16H2,1-5H3. The summed E-state index contributed by atoms with van der Waals surface area (Å²) in [5.74, 6) is 6.31. The lowest BCUT2D eigenvalue weighted by Gasteiger charge is -2.37. The molecule has 1 nitrogen and oxygen atoms in total. The van der Waals surface area contributed by atoms with Crippen molar-refractivity contribution in [2.45, 2.75) is 58.1 Å². The van der Waals surface area contributed by atoms with Crippen molar-refractivity contribution in [3.8, 4) is 11.7 Å². The molecule has 0 aliphatic carbocycles. The average molecular weight is 298 g/mol. The largest absolute Gasteiger partial charge is 0.337 e. The van der Waals surface area contributed by atoms with Gasteiger partial charge in [-0.25, -0.2) is 0 Å². The van der Waals surface area contributed by atoms with E-state index in [1.165, 1.54) is 12.8 Å². The highest BCUT2D eigenvalue weighted by molar-refractivity contribution is 6.77. The molecule has 0 saturated heterocycles. The predicted molar refractivity (Wildman–Crippen MR) is 98.3 cm³/mol. The maximum atomic E-state index is 3.80. The topological polar surface area (TPSA) is 12.0 Å². The zero-order valence-corrected chi connectivity index (χ0v) is 15.3. The predicted octanol–water partition coefficient (Wildman–Crippen LogP) is 4.49. The second-order valence-corrected chi connectivity index (χ2v) is 12.2. The van der Waals surface area contributed by atoms with E-state index in [4.69, 9.17) is 0 Å². The normalized spacial score (nSPS) is 11.7. The molecule has 3 heteroatoms. The molecule has 0 unspecified atom stereocenters. The minimum Gasteiger partial charge on any atom is -0.337 e. The number of rotatable bonds is 6. The van der Waals surface area contributed by atoms with Gasteiger partial charge >= 0.3 is 0 Å². The average Bonchev–Trinajstić information content (AvgIpc) is 2.41. The van der Waals surface area contributed by atoms with Crippen LogP contribution in [0.3, 0.4) is 0 Å². The molecule has 1 N–H and O–H groups in total. The van der Waals surface area contributed by atoms with Crippen LogP contribution in [-0.2, 0) is 0 Å². The molecule has 1 rings (SSSR count). The summed E-state index contributed by atoms with van der Waals surface area (Å²) in [6.45, 7) is 13.0. The first-order chi connectivity index (χ1) is 9.83. The lowest BCUT2D eigenvalue weighted by atomic mass is 9.74. The summed E-state index contributed by atoms with van der Waals surface area (Å²) in [5.41, 5.74) is 1.09. The molecule has 0 saturated carbocycles. The summed E-state index contributed by atoms with van der Waals surface area (Å²) < 4.78 is 0. The molecule has 0 bridgehead atoms. The van der Waals surface area contributed by atoms with E-state index >= 15 is 0 Å². The Bertz CT molecular complexity index is 465. The zero-order chi connectivity index (χ0) is 15.8. The Morgan fingerprint density at radius 3 is 2.38 bits per heavy atom. The van der Waals surface area contributed by atoms with Crippen LogP contribution >= 0.6 is 0 Å². The molecule has 0 aromatic heterocycles. The van der Waals surface area contributed by atoms with E-state index < -0.39 is 8.24 Å². The molecule has 0 fully saturated rings. The summed E-state index contributed by atoms with van der Waals surface area (Å²) >= 11 is 0. The van der Waals surface area contributed by atoms with Gasteiger partial charge in [-0.3, -0.25) is 0 Å². The van der Waals surface area contributed by atoms with E-state index in [9.17, 15) is 0 Å². The van der Waals surface area contributed by atoms with Gasteiger partial charge in [0.05, 0.1) is 0 Å². The van der Waals surface area contributed by atoms with Crippen LogP contribution in [0.1, 0.15) is 39.2 Å². The second-order valence-electron chi connectivity index (χ2n) is 7.14. The van der Waals surface area contributed by atoms with Gasteiger partial charge in [0.25, 0.3) is 0 Å². The second kappa shape index (κ2) is 8.46. The van der Waals surface area contributed by atoms with Crippen LogP contribution in [0.15, 0.2) is 30.3 Å². The van der Waals surface area contributed by atoms with Gasteiger partial charge in [0.15, 0.2) is 0 Å². The summed E-state index contributed by atoms with van der Waals surface area (Å²) in [6, 6.07) is 10.2. The van der Waals surface area contributed by atoms with Gasteiger partial charge in [-0.05, 0) is 30.1 Å². The Morgan fingerprint density at radius 1 is 1.10 bits per heavy atom. The fourth-order valence-corrected chi connectivity index (χ4v) is 3.10. The van der Waals surface area contributed by atoms with Crippen molar-refractivity contribution in [1.29, 1.82) is 0 Å². The fraction of sp³-hybridized carbons (Fsp3) is 0.556.